The first-order valence-corrected chi connectivity index (χ1v) is 7.97. The van der Waals surface area contributed by atoms with Gasteiger partial charge in [-0.2, -0.15) is 5.10 Å². The van der Waals surface area contributed by atoms with Crippen LogP contribution < -0.4 is 15.4 Å². The van der Waals surface area contributed by atoms with E-state index in [-0.39, 0.29) is 0 Å². The number of methoxy groups -OCH3 is 2. The van der Waals surface area contributed by atoms with E-state index in [4.69, 9.17) is 9.47 Å². The fourth-order valence-corrected chi connectivity index (χ4v) is 2.10. The zero-order valence-electron chi connectivity index (χ0n) is 14.5. The highest BCUT2D eigenvalue weighted by atomic mass is 16.5. The average molecular weight is 331 g/mol. The van der Waals surface area contributed by atoms with Crippen LogP contribution in [0.1, 0.15) is 12.6 Å². The van der Waals surface area contributed by atoms with E-state index in [0.29, 0.717) is 19.7 Å². The molecule has 7 nitrogen and oxygen atoms in total. The van der Waals surface area contributed by atoms with Crippen LogP contribution in [0.5, 0.6) is 5.75 Å². The molecule has 0 bridgehead atoms. The van der Waals surface area contributed by atoms with Crippen LogP contribution in [-0.2, 0) is 11.3 Å². The topological polar surface area (TPSA) is 72.7 Å². The Morgan fingerprint density at radius 2 is 1.96 bits per heavy atom. The Kier molecular flexibility index (Phi) is 7.10. The molecule has 0 saturated carbocycles. The number of aliphatic imine (C=N–C) groups is 1. The van der Waals surface area contributed by atoms with Crippen molar-refractivity contribution in [1.82, 2.24) is 20.4 Å². The van der Waals surface area contributed by atoms with Gasteiger partial charge in [0.25, 0.3) is 0 Å². The fraction of sp³-hybridized carbons (Fsp3) is 0.412. The maximum absolute atomic E-state index is 5.17. The molecule has 0 radical (unpaired) electrons. The van der Waals surface area contributed by atoms with E-state index in [1.165, 1.54) is 0 Å². The summed E-state index contributed by atoms with van der Waals surface area (Å²) in [7, 11) is 3.33. The van der Waals surface area contributed by atoms with Gasteiger partial charge in [0.2, 0.25) is 0 Å². The van der Waals surface area contributed by atoms with Crippen LogP contribution in [0.3, 0.4) is 0 Å². The van der Waals surface area contributed by atoms with E-state index in [9.17, 15) is 0 Å². The van der Waals surface area contributed by atoms with Crippen molar-refractivity contribution in [3.05, 3.63) is 42.2 Å². The van der Waals surface area contributed by atoms with E-state index in [0.717, 1.165) is 29.6 Å². The SMILES string of the molecule is CCNC(=NCc1ccn(-c2ccc(OC)cc2)n1)NCCOC. The molecular formula is C17H25N5O2. The predicted octanol–water partition coefficient (Wildman–Crippen LogP) is 1.58. The normalized spacial score (nSPS) is 11.4. The number of guanidine groups is 1. The Morgan fingerprint density at radius 3 is 2.62 bits per heavy atom. The molecule has 0 aliphatic rings. The molecule has 2 N–H and O–H groups in total. The van der Waals surface area contributed by atoms with Gasteiger partial charge in [-0.3, -0.25) is 0 Å². The summed E-state index contributed by atoms with van der Waals surface area (Å²) in [5.41, 5.74) is 1.88. The summed E-state index contributed by atoms with van der Waals surface area (Å²) in [5.74, 6) is 1.58. The van der Waals surface area contributed by atoms with Crippen molar-refractivity contribution >= 4 is 5.96 Å². The Balaban J connectivity index is 1.99. The van der Waals surface area contributed by atoms with Gasteiger partial charge in [-0.15, -0.1) is 0 Å². The number of rotatable bonds is 8. The molecule has 1 aromatic carbocycles. The van der Waals surface area contributed by atoms with Crippen molar-refractivity contribution in [2.45, 2.75) is 13.5 Å². The second kappa shape index (κ2) is 9.57. The highest BCUT2D eigenvalue weighted by Crippen LogP contribution is 2.14. The van der Waals surface area contributed by atoms with Crippen molar-refractivity contribution in [2.24, 2.45) is 4.99 Å². The molecule has 130 valence electrons. The summed E-state index contributed by atoms with van der Waals surface area (Å²) in [6, 6.07) is 9.73. The molecule has 2 aromatic rings. The zero-order chi connectivity index (χ0) is 17.2. The highest BCUT2D eigenvalue weighted by Gasteiger charge is 2.03. The van der Waals surface area contributed by atoms with Crippen LogP contribution in [0.15, 0.2) is 41.5 Å². The number of ether oxygens (including phenoxy) is 2. The molecule has 0 aliphatic heterocycles. The molecule has 0 saturated heterocycles. The molecule has 0 unspecified atom stereocenters. The highest BCUT2D eigenvalue weighted by molar-refractivity contribution is 5.79. The van der Waals surface area contributed by atoms with Gasteiger partial charge in [0.1, 0.15) is 5.75 Å². The molecule has 24 heavy (non-hydrogen) atoms. The second-order valence-electron chi connectivity index (χ2n) is 5.06. The first kappa shape index (κ1) is 17.8. The molecule has 0 aliphatic carbocycles. The van der Waals surface area contributed by atoms with Crippen LogP contribution in [0.2, 0.25) is 0 Å². The summed E-state index contributed by atoms with van der Waals surface area (Å²) in [6.45, 7) is 4.69. The molecule has 1 heterocycles. The third-order valence-corrected chi connectivity index (χ3v) is 3.32. The summed E-state index contributed by atoms with van der Waals surface area (Å²) in [5, 5.41) is 11.0. The number of aromatic nitrogens is 2. The third kappa shape index (κ3) is 5.27. The Hall–Kier alpha value is -2.54. The summed E-state index contributed by atoms with van der Waals surface area (Å²) < 4.78 is 12.0. The first-order chi connectivity index (χ1) is 11.8. The van der Waals surface area contributed by atoms with Crippen LogP contribution in [-0.4, -0.2) is 49.7 Å². The monoisotopic (exact) mass is 331 g/mol. The fourth-order valence-electron chi connectivity index (χ4n) is 2.10. The molecular weight excluding hydrogens is 306 g/mol. The van der Waals surface area contributed by atoms with Gasteiger partial charge >= 0.3 is 0 Å². The van der Waals surface area contributed by atoms with Gasteiger partial charge in [-0.05, 0) is 37.3 Å². The van der Waals surface area contributed by atoms with Crippen molar-refractivity contribution in [1.29, 1.82) is 0 Å². The Bertz CT molecular complexity index is 637. The van der Waals surface area contributed by atoms with Gasteiger partial charge < -0.3 is 20.1 Å². The average Bonchev–Trinajstić information content (AvgIpc) is 3.09. The number of hydrogen-bond donors (Lipinski definition) is 2. The lowest BCUT2D eigenvalue weighted by atomic mass is 10.3. The van der Waals surface area contributed by atoms with Crippen LogP contribution >= 0.6 is 0 Å². The lowest BCUT2D eigenvalue weighted by molar-refractivity contribution is 0.203. The lowest BCUT2D eigenvalue weighted by Crippen LogP contribution is -2.38. The molecule has 1 aromatic heterocycles. The smallest absolute Gasteiger partial charge is 0.191 e. The van der Waals surface area contributed by atoms with E-state index < -0.39 is 0 Å². The van der Waals surface area contributed by atoms with E-state index >= 15 is 0 Å². The van der Waals surface area contributed by atoms with Crippen molar-refractivity contribution in [2.75, 3.05) is 33.9 Å². The van der Waals surface area contributed by atoms with Crippen molar-refractivity contribution in [3.8, 4) is 11.4 Å². The van der Waals surface area contributed by atoms with E-state index in [2.05, 4.69) is 20.7 Å². The van der Waals surface area contributed by atoms with Crippen molar-refractivity contribution < 1.29 is 9.47 Å². The van der Waals surface area contributed by atoms with Gasteiger partial charge in [0.15, 0.2) is 5.96 Å². The van der Waals surface area contributed by atoms with Crippen LogP contribution in [0.4, 0.5) is 0 Å². The molecule has 7 heteroatoms. The quantitative estimate of drug-likeness (QED) is 0.436. The number of benzene rings is 1. The summed E-state index contributed by atoms with van der Waals surface area (Å²) >= 11 is 0. The number of nitrogens with one attached hydrogen (secondary N) is 2. The minimum Gasteiger partial charge on any atom is -0.497 e. The van der Waals surface area contributed by atoms with Gasteiger partial charge in [0.05, 0.1) is 31.6 Å². The van der Waals surface area contributed by atoms with E-state index in [1.54, 1.807) is 14.2 Å². The zero-order valence-corrected chi connectivity index (χ0v) is 14.5. The summed E-state index contributed by atoms with van der Waals surface area (Å²) in [4.78, 5) is 4.53. The van der Waals surface area contributed by atoms with Gasteiger partial charge in [-0.25, -0.2) is 9.67 Å². The lowest BCUT2D eigenvalue weighted by Gasteiger charge is -2.10. The molecule has 0 amide bonds. The maximum atomic E-state index is 5.17. The standard InChI is InChI=1S/C17H25N5O2/c1-4-18-17(19-10-12-23-2)20-13-14-9-11-22(21-14)15-5-7-16(24-3)8-6-15/h5-9,11H,4,10,12-13H2,1-3H3,(H2,18,19,20). The predicted molar refractivity (Wildman–Crippen MR) is 94.8 cm³/mol. The van der Waals surface area contributed by atoms with Crippen LogP contribution in [0, 0.1) is 0 Å². The van der Waals surface area contributed by atoms with E-state index in [1.807, 2.05) is 48.1 Å². The summed E-state index contributed by atoms with van der Waals surface area (Å²) in [6.07, 6.45) is 1.93. The Morgan fingerprint density at radius 1 is 1.17 bits per heavy atom. The van der Waals surface area contributed by atoms with Crippen LogP contribution in [0.25, 0.3) is 5.69 Å². The molecule has 0 fully saturated rings. The molecule has 0 atom stereocenters. The van der Waals surface area contributed by atoms with Crippen molar-refractivity contribution in [3.63, 3.8) is 0 Å². The Labute approximate surface area is 142 Å². The third-order valence-electron chi connectivity index (χ3n) is 3.32. The minimum atomic E-state index is 0.505. The largest absolute Gasteiger partial charge is 0.497 e. The van der Waals surface area contributed by atoms with Gasteiger partial charge in [-0.1, -0.05) is 0 Å². The second-order valence-corrected chi connectivity index (χ2v) is 5.06. The first-order valence-electron chi connectivity index (χ1n) is 7.97. The minimum absolute atomic E-state index is 0.505. The number of hydrogen-bond acceptors (Lipinski definition) is 4. The molecule has 0 spiro atoms. The number of nitrogens with zero attached hydrogens (tertiary/aromatic N) is 3. The van der Waals surface area contributed by atoms with Gasteiger partial charge in [0, 0.05) is 26.4 Å². The molecule has 2 rings (SSSR count). The maximum Gasteiger partial charge on any atom is 0.191 e.